The predicted molar refractivity (Wildman–Crippen MR) is 67.5 cm³/mol. The van der Waals surface area contributed by atoms with Gasteiger partial charge in [-0.25, -0.2) is 8.78 Å². The number of nitrogens with one attached hydrogen (secondary N) is 3. The van der Waals surface area contributed by atoms with Crippen molar-refractivity contribution < 1.29 is 18.4 Å². The van der Waals surface area contributed by atoms with Crippen LogP contribution in [0.5, 0.6) is 0 Å². The van der Waals surface area contributed by atoms with Crippen LogP contribution in [-0.4, -0.2) is 30.9 Å². The van der Waals surface area contributed by atoms with E-state index in [1.807, 2.05) is 0 Å². The lowest BCUT2D eigenvalue weighted by molar-refractivity contribution is -0.124. The van der Waals surface area contributed by atoms with Gasteiger partial charge >= 0.3 is 0 Å². The number of carbonyl (C=O) groups excluding carboxylic acids is 2. The van der Waals surface area contributed by atoms with E-state index in [1.165, 1.54) is 0 Å². The smallest absolute Gasteiger partial charge is 0.243 e. The Morgan fingerprint density at radius 1 is 1.37 bits per heavy atom. The number of hydrogen-bond donors (Lipinski definition) is 3. The molecule has 1 aromatic carbocycles. The van der Waals surface area contributed by atoms with Crippen molar-refractivity contribution >= 4 is 33.4 Å². The van der Waals surface area contributed by atoms with Gasteiger partial charge in [-0.2, -0.15) is 0 Å². The molecule has 5 nitrogen and oxygen atoms in total. The summed E-state index contributed by atoms with van der Waals surface area (Å²) in [5, 5.41) is 7.46. The molecule has 1 fully saturated rings. The quantitative estimate of drug-likeness (QED) is 0.700. The first-order valence-electron chi connectivity index (χ1n) is 5.43. The van der Waals surface area contributed by atoms with E-state index in [9.17, 15) is 18.4 Å². The van der Waals surface area contributed by atoms with Crippen LogP contribution in [0, 0.1) is 11.6 Å². The van der Waals surface area contributed by atoms with Crippen LogP contribution in [0.15, 0.2) is 16.6 Å². The maximum atomic E-state index is 13.5. The normalized spacial score (nSPS) is 18.9. The summed E-state index contributed by atoms with van der Waals surface area (Å²) in [6.07, 6.45) is 0. The molecule has 0 aromatic heterocycles. The van der Waals surface area contributed by atoms with Crippen LogP contribution >= 0.6 is 15.9 Å². The Morgan fingerprint density at radius 3 is 2.74 bits per heavy atom. The van der Waals surface area contributed by atoms with Crippen LogP contribution in [0.1, 0.15) is 0 Å². The second-order valence-corrected chi connectivity index (χ2v) is 4.83. The molecule has 0 spiro atoms. The first kappa shape index (κ1) is 13.9. The fourth-order valence-corrected chi connectivity index (χ4v) is 1.91. The van der Waals surface area contributed by atoms with Crippen molar-refractivity contribution in [1.82, 2.24) is 10.6 Å². The predicted octanol–water partition coefficient (Wildman–Crippen LogP) is 0.754. The van der Waals surface area contributed by atoms with Gasteiger partial charge in [0.2, 0.25) is 11.8 Å². The Kier molecular flexibility index (Phi) is 4.11. The maximum absolute atomic E-state index is 13.5. The van der Waals surface area contributed by atoms with Crippen molar-refractivity contribution in [2.75, 3.05) is 18.4 Å². The highest BCUT2D eigenvalue weighted by Gasteiger charge is 2.24. The van der Waals surface area contributed by atoms with Crippen LogP contribution < -0.4 is 16.0 Å². The van der Waals surface area contributed by atoms with Gasteiger partial charge in [0.15, 0.2) is 0 Å². The van der Waals surface area contributed by atoms with Crippen LogP contribution in [0.3, 0.4) is 0 Å². The van der Waals surface area contributed by atoms with Gasteiger partial charge in [-0.1, -0.05) is 0 Å². The average Bonchev–Trinajstić information content (AvgIpc) is 2.36. The lowest BCUT2D eigenvalue weighted by Crippen LogP contribution is -2.56. The van der Waals surface area contributed by atoms with Gasteiger partial charge in [-0.3, -0.25) is 14.9 Å². The topological polar surface area (TPSA) is 70.2 Å². The molecule has 0 saturated carbocycles. The van der Waals surface area contributed by atoms with Gasteiger partial charge < -0.3 is 10.6 Å². The Bertz CT molecular complexity index is 529. The third-order valence-corrected chi connectivity index (χ3v) is 3.20. The van der Waals surface area contributed by atoms with Gasteiger partial charge in [-0.05, 0) is 22.0 Å². The molecular formula is C11H10BrF2N3O2. The molecule has 1 aliphatic rings. The van der Waals surface area contributed by atoms with Gasteiger partial charge in [0, 0.05) is 12.6 Å². The van der Waals surface area contributed by atoms with Gasteiger partial charge in [0.25, 0.3) is 0 Å². The SMILES string of the molecule is O=C1CNC(C(=O)Nc2cc(F)c(Br)cc2F)CN1. The summed E-state index contributed by atoms with van der Waals surface area (Å²) in [6.45, 7) is 0.112. The molecule has 2 amide bonds. The summed E-state index contributed by atoms with van der Waals surface area (Å²) in [5.74, 6) is -2.19. The Hall–Kier alpha value is -1.54. The van der Waals surface area contributed by atoms with Crippen LogP contribution in [0.25, 0.3) is 0 Å². The minimum atomic E-state index is -0.749. The highest BCUT2D eigenvalue weighted by Crippen LogP contribution is 2.23. The van der Waals surface area contributed by atoms with Crippen molar-refractivity contribution in [2.24, 2.45) is 0 Å². The van der Waals surface area contributed by atoms with Crippen molar-refractivity contribution in [1.29, 1.82) is 0 Å². The molecule has 1 aromatic rings. The first-order chi connectivity index (χ1) is 8.97. The molecule has 0 aliphatic carbocycles. The molecule has 1 aliphatic heterocycles. The number of hydrogen-bond acceptors (Lipinski definition) is 3. The minimum absolute atomic E-state index is 0.00919. The number of anilines is 1. The maximum Gasteiger partial charge on any atom is 0.243 e. The van der Waals surface area contributed by atoms with E-state index in [4.69, 9.17) is 0 Å². The second kappa shape index (κ2) is 5.62. The van der Waals surface area contributed by atoms with Crippen molar-refractivity contribution in [3.05, 3.63) is 28.2 Å². The summed E-state index contributed by atoms with van der Waals surface area (Å²) < 4.78 is 26.8. The Morgan fingerprint density at radius 2 is 2.11 bits per heavy atom. The molecule has 1 unspecified atom stereocenters. The molecule has 19 heavy (non-hydrogen) atoms. The third-order valence-electron chi connectivity index (χ3n) is 2.60. The summed E-state index contributed by atoms with van der Waals surface area (Å²) in [7, 11) is 0. The average molecular weight is 334 g/mol. The molecule has 1 atom stereocenters. The molecule has 2 rings (SSSR count). The van der Waals surface area contributed by atoms with E-state index in [0.29, 0.717) is 0 Å². The van der Waals surface area contributed by atoms with Crippen molar-refractivity contribution in [3.8, 4) is 0 Å². The van der Waals surface area contributed by atoms with Crippen LogP contribution in [-0.2, 0) is 9.59 Å². The standard InChI is InChI=1S/C11H10BrF2N3O2/c12-5-1-7(14)8(2-6(5)13)17-11(19)9-3-16-10(18)4-15-9/h1-2,9,15H,3-4H2,(H,16,18)(H,17,19). The summed E-state index contributed by atoms with van der Waals surface area (Å²) >= 11 is 2.84. The van der Waals surface area contributed by atoms with E-state index >= 15 is 0 Å². The Balaban J connectivity index is 2.07. The molecule has 3 N–H and O–H groups in total. The van der Waals surface area contributed by atoms with E-state index in [0.717, 1.165) is 12.1 Å². The summed E-state index contributed by atoms with van der Waals surface area (Å²) in [6, 6.07) is 1.14. The molecule has 0 radical (unpaired) electrons. The number of benzene rings is 1. The van der Waals surface area contributed by atoms with E-state index in [-0.39, 0.29) is 29.2 Å². The second-order valence-electron chi connectivity index (χ2n) is 3.97. The van der Waals surface area contributed by atoms with Gasteiger partial charge in [0.05, 0.1) is 16.7 Å². The Labute approximate surface area is 115 Å². The molecule has 8 heteroatoms. The molecule has 1 saturated heterocycles. The molecule has 102 valence electrons. The van der Waals surface area contributed by atoms with Crippen molar-refractivity contribution in [2.45, 2.75) is 6.04 Å². The largest absolute Gasteiger partial charge is 0.353 e. The molecule has 0 bridgehead atoms. The van der Waals surface area contributed by atoms with E-state index in [1.54, 1.807) is 0 Å². The van der Waals surface area contributed by atoms with Crippen molar-refractivity contribution in [3.63, 3.8) is 0 Å². The van der Waals surface area contributed by atoms with E-state index in [2.05, 4.69) is 31.9 Å². The number of carbonyl (C=O) groups is 2. The summed E-state index contributed by atoms with van der Waals surface area (Å²) in [5.41, 5.74) is -0.246. The number of piperazine rings is 1. The zero-order chi connectivity index (χ0) is 14.0. The fourth-order valence-electron chi connectivity index (χ4n) is 1.59. The highest BCUT2D eigenvalue weighted by atomic mass is 79.9. The highest BCUT2D eigenvalue weighted by molar-refractivity contribution is 9.10. The molecular weight excluding hydrogens is 324 g/mol. The van der Waals surface area contributed by atoms with Gasteiger partial charge in [-0.15, -0.1) is 0 Å². The fraction of sp³-hybridized carbons (Fsp3) is 0.273. The zero-order valence-corrected chi connectivity index (χ0v) is 11.2. The number of amides is 2. The zero-order valence-electron chi connectivity index (χ0n) is 9.60. The first-order valence-corrected chi connectivity index (χ1v) is 6.22. The number of rotatable bonds is 2. The van der Waals surface area contributed by atoms with E-state index < -0.39 is 23.6 Å². The lowest BCUT2D eigenvalue weighted by Gasteiger charge is -2.23. The summed E-state index contributed by atoms with van der Waals surface area (Å²) in [4.78, 5) is 22.7. The van der Waals surface area contributed by atoms with Crippen LogP contribution in [0.4, 0.5) is 14.5 Å². The minimum Gasteiger partial charge on any atom is -0.353 e. The monoisotopic (exact) mass is 333 g/mol. The lowest BCUT2D eigenvalue weighted by atomic mass is 10.2. The molecule has 1 heterocycles. The van der Waals surface area contributed by atoms with Gasteiger partial charge in [0.1, 0.15) is 17.7 Å². The van der Waals surface area contributed by atoms with Crippen LogP contribution in [0.2, 0.25) is 0 Å². The third kappa shape index (κ3) is 3.27. The number of halogens is 3.